The number of anilines is 1. The maximum absolute atomic E-state index is 12.8. The molecule has 3 rings (SSSR count). The van der Waals surface area contributed by atoms with Gasteiger partial charge in [-0.25, -0.2) is 9.69 Å². The van der Waals surface area contributed by atoms with Crippen LogP contribution in [0.15, 0.2) is 42.5 Å². The van der Waals surface area contributed by atoms with Crippen LogP contribution < -0.4 is 4.90 Å². The third-order valence-electron chi connectivity index (χ3n) is 4.59. The van der Waals surface area contributed by atoms with E-state index < -0.39 is 34.7 Å². The van der Waals surface area contributed by atoms with Crippen molar-refractivity contribution in [2.45, 2.75) is 20.8 Å². The molecule has 0 aliphatic carbocycles. The summed E-state index contributed by atoms with van der Waals surface area (Å²) in [5.41, 5.74) is -0.832. The molecule has 2 amide bonds. The Morgan fingerprint density at radius 2 is 1.70 bits per heavy atom. The SMILES string of the molecule is CC(C)(C)C(=O)COC(=O)c1ccc2c(c1)C(=O)N(c1cccc([N+](=O)[O-])c1)C2=O. The largest absolute Gasteiger partial charge is 0.454 e. The second-order valence-corrected chi connectivity index (χ2v) is 7.73. The number of ether oxygens (including phenoxy) is 1. The highest BCUT2D eigenvalue weighted by molar-refractivity contribution is 6.34. The van der Waals surface area contributed by atoms with E-state index in [1.165, 1.54) is 36.4 Å². The monoisotopic (exact) mass is 410 g/mol. The average Bonchev–Trinajstić information content (AvgIpc) is 2.95. The Balaban J connectivity index is 1.85. The summed E-state index contributed by atoms with van der Waals surface area (Å²) in [4.78, 5) is 60.8. The Labute approximate surface area is 171 Å². The fraction of sp³-hybridized carbons (Fsp3) is 0.238. The highest BCUT2D eigenvalue weighted by Crippen LogP contribution is 2.31. The zero-order chi connectivity index (χ0) is 22.2. The summed E-state index contributed by atoms with van der Waals surface area (Å²) in [6.45, 7) is 4.69. The van der Waals surface area contributed by atoms with Crippen LogP contribution in [0.1, 0.15) is 51.8 Å². The van der Waals surface area contributed by atoms with Crippen molar-refractivity contribution < 1.29 is 28.8 Å². The van der Waals surface area contributed by atoms with Crippen LogP contribution in [0, 0.1) is 15.5 Å². The molecule has 1 heterocycles. The van der Waals surface area contributed by atoms with Crippen molar-refractivity contribution in [3.05, 3.63) is 69.3 Å². The Morgan fingerprint density at radius 1 is 1.03 bits per heavy atom. The number of ketones is 1. The minimum atomic E-state index is -0.801. The molecule has 0 saturated carbocycles. The predicted octanol–water partition coefficient (Wildman–Crippen LogP) is 3.17. The summed E-state index contributed by atoms with van der Waals surface area (Å²) >= 11 is 0. The molecule has 1 aliphatic heterocycles. The number of fused-ring (bicyclic) bond motifs is 1. The number of imide groups is 1. The third kappa shape index (κ3) is 3.82. The summed E-state index contributed by atoms with van der Waals surface area (Å²) in [5.74, 6) is -2.43. The highest BCUT2D eigenvalue weighted by Gasteiger charge is 2.38. The molecule has 0 spiro atoms. The second-order valence-electron chi connectivity index (χ2n) is 7.73. The van der Waals surface area contributed by atoms with Gasteiger partial charge in [0.1, 0.15) is 0 Å². The van der Waals surface area contributed by atoms with Crippen molar-refractivity contribution in [3.63, 3.8) is 0 Å². The molecule has 9 nitrogen and oxygen atoms in total. The minimum Gasteiger partial charge on any atom is -0.454 e. The number of nitrogens with zero attached hydrogens (tertiary/aromatic N) is 2. The number of carbonyl (C=O) groups is 4. The number of hydrogen-bond acceptors (Lipinski definition) is 7. The van der Waals surface area contributed by atoms with Crippen molar-refractivity contribution in [1.29, 1.82) is 0 Å². The molecule has 0 bridgehead atoms. The van der Waals surface area contributed by atoms with Crippen LogP contribution in [-0.4, -0.2) is 35.1 Å². The lowest BCUT2D eigenvalue weighted by molar-refractivity contribution is -0.384. The molecule has 0 fully saturated rings. The number of hydrogen-bond donors (Lipinski definition) is 0. The van der Waals surface area contributed by atoms with E-state index in [0.29, 0.717) is 0 Å². The van der Waals surface area contributed by atoms with Crippen molar-refractivity contribution in [1.82, 2.24) is 0 Å². The van der Waals surface area contributed by atoms with E-state index in [2.05, 4.69) is 0 Å². The summed E-state index contributed by atoms with van der Waals surface area (Å²) in [5, 5.41) is 11.0. The molecule has 0 radical (unpaired) electrons. The predicted molar refractivity (Wildman–Crippen MR) is 105 cm³/mol. The minimum absolute atomic E-state index is 0.0116. The van der Waals surface area contributed by atoms with Crippen LogP contribution >= 0.6 is 0 Å². The standard InChI is InChI=1S/C21H18N2O7/c1-21(2,3)17(24)11-30-20(27)12-7-8-15-16(9-12)19(26)22(18(15)25)13-5-4-6-14(10-13)23(28)29/h4-10H,11H2,1-3H3. The number of rotatable bonds is 5. The number of benzene rings is 2. The van der Waals surface area contributed by atoms with E-state index in [4.69, 9.17) is 4.74 Å². The average molecular weight is 410 g/mol. The quantitative estimate of drug-likeness (QED) is 0.321. The summed E-state index contributed by atoms with van der Waals surface area (Å²) in [6, 6.07) is 8.99. The van der Waals surface area contributed by atoms with Crippen molar-refractivity contribution in [2.75, 3.05) is 11.5 Å². The van der Waals surface area contributed by atoms with Gasteiger partial charge in [-0.15, -0.1) is 0 Å². The molecule has 30 heavy (non-hydrogen) atoms. The van der Waals surface area contributed by atoms with Gasteiger partial charge in [0.05, 0.1) is 27.3 Å². The lowest BCUT2D eigenvalue weighted by Gasteiger charge is -2.16. The van der Waals surface area contributed by atoms with Gasteiger partial charge in [-0.2, -0.15) is 0 Å². The van der Waals surface area contributed by atoms with Crippen LogP contribution in [0.5, 0.6) is 0 Å². The molecule has 154 valence electrons. The molecule has 0 atom stereocenters. The van der Waals surface area contributed by atoms with Crippen molar-refractivity contribution >= 4 is 34.9 Å². The van der Waals surface area contributed by atoms with E-state index >= 15 is 0 Å². The first kappa shape index (κ1) is 20.8. The van der Waals surface area contributed by atoms with Gasteiger partial charge in [-0.1, -0.05) is 26.8 Å². The first-order valence-corrected chi connectivity index (χ1v) is 8.98. The highest BCUT2D eigenvalue weighted by atomic mass is 16.6. The Hall–Kier alpha value is -3.88. The number of carbonyl (C=O) groups excluding carboxylic acids is 4. The van der Waals surface area contributed by atoms with Gasteiger partial charge in [-0.05, 0) is 24.3 Å². The second kappa shape index (κ2) is 7.51. The molecular weight excluding hydrogens is 392 g/mol. The van der Waals surface area contributed by atoms with E-state index in [1.807, 2.05) is 0 Å². The lowest BCUT2D eigenvalue weighted by atomic mass is 9.91. The van der Waals surface area contributed by atoms with E-state index in [1.54, 1.807) is 20.8 Å². The molecule has 0 saturated heterocycles. The molecule has 2 aromatic rings. The normalized spacial score (nSPS) is 13.2. The van der Waals surface area contributed by atoms with E-state index in [0.717, 1.165) is 11.0 Å². The molecule has 2 aromatic carbocycles. The fourth-order valence-corrected chi connectivity index (χ4v) is 2.78. The third-order valence-corrected chi connectivity index (χ3v) is 4.59. The van der Waals surface area contributed by atoms with Gasteiger partial charge in [0, 0.05) is 17.5 Å². The Morgan fingerprint density at radius 3 is 2.33 bits per heavy atom. The molecule has 0 unspecified atom stereocenters. The zero-order valence-electron chi connectivity index (χ0n) is 16.5. The van der Waals surface area contributed by atoms with Gasteiger partial charge in [-0.3, -0.25) is 24.5 Å². The molecule has 0 N–H and O–H groups in total. The molecule has 9 heteroatoms. The first-order valence-electron chi connectivity index (χ1n) is 8.98. The van der Waals surface area contributed by atoms with E-state index in [-0.39, 0.29) is 33.8 Å². The number of nitro groups is 1. The number of nitro benzene ring substituents is 1. The van der Waals surface area contributed by atoms with Crippen LogP contribution in [0.2, 0.25) is 0 Å². The van der Waals surface area contributed by atoms with Crippen LogP contribution in [0.25, 0.3) is 0 Å². The van der Waals surface area contributed by atoms with Gasteiger partial charge >= 0.3 is 5.97 Å². The summed E-state index contributed by atoms with van der Waals surface area (Å²) in [6.07, 6.45) is 0. The number of non-ortho nitro benzene ring substituents is 1. The van der Waals surface area contributed by atoms with Crippen LogP contribution in [-0.2, 0) is 9.53 Å². The van der Waals surface area contributed by atoms with Crippen LogP contribution in [0.4, 0.5) is 11.4 Å². The fourth-order valence-electron chi connectivity index (χ4n) is 2.78. The molecular formula is C21H18N2O7. The van der Waals surface area contributed by atoms with Gasteiger partial charge in [0.25, 0.3) is 17.5 Å². The zero-order valence-corrected chi connectivity index (χ0v) is 16.5. The Bertz CT molecular complexity index is 1100. The van der Waals surface area contributed by atoms with E-state index in [9.17, 15) is 29.3 Å². The first-order chi connectivity index (χ1) is 14.0. The van der Waals surface area contributed by atoms with Crippen LogP contribution in [0.3, 0.4) is 0 Å². The Kier molecular flexibility index (Phi) is 5.22. The number of esters is 1. The molecule has 0 aromatic heterocycles. The van der Waals surface area contributed by atoms with Crippen molar-refractivity contribution in [2.24, 2.45) is 5.41 Å². The van der Waals surface area contributed by atoms with Gasteiger partial charge < -0.3 is 4.74 Å². The maximum Gasteiger partial charge on any atom is 0.338 e. The molecule has 1 aliphatic rings. The van der Waals surface area contributed by atoms with Crippen molar-refractivity contribution in [3.8, 4) is 0 Å². The topological polar surface area (TPSA) is 124 Å². The smallest absolute Gasteiger partial charge is 0.338 e. The maximum atomic E-state index is 12.8. The summed E-state index contributed by atoms with van der Waals surface area (Å²) < 4.78 is 5.02. The lowest BCUT2D eigenvalue weighted by Crippen LogP contribution is -2.29. The van der Waals surface area contributed by atoms with Gasteiger partial charge in [0.2, 0.25) is 0 Å². The number of amides is 2. The van der Waals surface area contributed by atoms with Gasteiger partial charge in [0.15, 0.2) is 12.4 Å². The number of Topliss-reactive ketones (excluding diaryl/α,β-unsaturated/α-hetero) is 1. The summed E-state index contributed by atoms with van der Waals surface area (Å²) in [7, 11) is 0.